The van der Waals surface area contributed by atoms with Gasteiger partial charge in [-0.3, -0.25) is 0 Å². The van der Waals surface area contributed by atoms with Gasteiger partial charge in [-0.1, -0.05) is 5.16 Å². The van der Waals surface area contributed by atoms with Gasteiger partial charge in [-0.05, 0) is 24.3 Å². The van der Waals surface area contributed by atoms with Crippen LogP contribution in [0.15, 0.2) is 39.5 Å². The van der Waals surface area contributed by atoms with Gasteiger partial charge in [0, 0.05) is 0 Å². The Hall–Kier alpha value is -2.77. The van der Waals surface area contributed by atoms with Crippen LogP contribution in [0, 0.1) is 17.5 Å². The molecule has 0 spiro atoms. The molecule has 0 bridgehead atoms. The summed E-state index contributed by atoms with van der Waals surface area (Å²) in [7, 11) is 0. The monoisotopic (exact) mass is 295 g/mol. The van der Waals surface area contributed by atoms with E-state index in [9.17, 15) is 13.2 Å². The molecule has 0 saturated carbocycles. The molecular formula is C13H8F3N3O2. The van der Waals surface area contributed by atoms with E-state index in [0.29, 0.717) is 5.76 Å². The van der Waals surface area contributed by atoms with Crippen molar-refractivity contribution in [3.8, 4) is 11.6 Å². The van der Waals surface area contributed by atoms with E-state index in [1.54, 1.807) is 12.1 Å². The summed E-state index contributed by atoms with van der Waals surface area (Å²) in [6.07, 6.45) is 1.46. The van der Waals surface area contributed by atoms with Crippen molar-refractivity contribution in [2.24, 2.45) is 0 Å². The number of benzene rings is 1. The number of nitrogens with one attached hydrogen (secondary N) is 1. The molecule has 0 aliphatic heterocycles. The Morgan fingerprint density at radius 1 is 1.10 bits per heavy atom. The van der Waals surface area contributed by atoms with Crippen LogP contribution in [0.3, 0.4) is 0 Å². The van der Waals surface area contributed by atoms with Crippen LogP contribution >= 0.6 is 0 Å². The van der Waals surface area contributed by atoms with Crippen LogP contribution < -0.4 is 5.32 Å². The number of anilines is 1. The molecule has 1 aromatic carbocycles. The Kier molecular flexibility index (Phi) is 3.35. The lowest BCUT2D eigenvalue weighted by Gasteiger charge is -2.05. The first kappa shape index (κ1) is 13.2. The van der Waals surface area contributed by atoms with Crippen LogP contribution in [0.5, 0.6) is 0 Å². The maximum absolute atomic E-state index is 13.4. The number of hydrogen-bond donors (Lipinski definition) is 1. The summed E-state index contributed by atoms with van der Waals surface area (Å²) in [6, 6.07) is 5.22. The second-order valence-electron chi connectivity index (χ2n) is 4.07. The van der Waals surface area contributed by atoms with Gasteiger partial charge in [-0.15, -0.1) is 0 Å². The molecule has 0 fully saturated rings. The third-order valence-corrected chi connectivity index (χ3v) is 2.67. The molecule has 0 radical (unpaired) electrons. The van der Waals surface area contributed by atoms with E-state index >= 15 is 0 Å². The summed E-state index contributed by atoms with van der Waals surface area (Å²) in [4.78, 5) is 4.01. The number of halogens is 3. The molecule has 8 heteroatoms. The lowest BCUT2D eigenvalue weighted by molar-refractivity contribution is 0.382. The SMILES string of the molecule is Fc1ccc(NCc2nc(-c3ccco3)no2)c(F)c1F. The van der Waals surface area contributed by atoms with Gasteiger partial charge >= 0.3 is 0 Å². The number of rotatable bonds is 4. The summed E-state index contributed by atoms with van der Waals surface area (Å²) in [5, 5.41) is 6.22. The number of nitrogens with zero attached hydrogens (tertiary/aromatic N) is 2. The fourth-order valence-corrected chi connectivity index (χ4v) is 1.67. The highest BCUT2D eigenvalue weighted by Crippen LogP contribution is 2.21. The van der Waals surface area contributed by atoms with Crippen LogP contribution in [0.1, 0.15) is 5.89 Å². The summed E-state index contributed by atoms with van der Waals surface area (Å²) >= 11 is 0. The van der Waals surface area contributed by atoms with Gasteiger partial charge in [-0.2, -0.15) is 4.98 Å². The average Bonchev–Trinajstić information content (AvgIpc) is 3.14. The minimum absolute atomic E-state index is 0.0459. The molecule has 3 rings (SSSR count). The zero-order chi connectivity index (χ0) is 14.8. The van der Waals surface area contributed by atoms with E-state index in [2.05, 4.69) is 15.5 Å². The topological polar surface area (TPSA) is 64.1 Å². The molecule has 0 saturated heterocycles. The highest BCUT2D eigenvalue weighted by molar-refractivity contribution is 5.46. The fourth-order valence-electron chi connectivity index (χ4n) is 1.67. The number of aromatic nitrogens is 2. The molecule has 2 aromatic heterocycles. The molecule has 0 atom stereocenters. The first-order valence-corrected chi connectivity index (χ1v) is 5.89. The molecule has 5 nitrogen and oxygen atoms in total. The molecule has 1 N–H and O–H groups in total. The lowest BCUT2D eigenvalue weighted by Crippen LogP contribution is -2.04. The Bertz CT molecular complexity index is 756. The predicted molar refractivity (Wildman–Crippen MR) is 65.6 cm³/mol. The van der Waals surface area contributed by atoms with Crippen LogP contribution in [0.25, 0.3) is 11.6 Å². The first-order chi connectivity index (χ1) is 10.1. The molecule has 0 aliphatic rings. The van der Waals surface area contributed by atoms with Crippen LogP contribution in [0.4, 0.5) is 18.9 Å². The Labute approximate surface area is 116 Å². The standard InChI is InChI=1S/C13H8F3N3O2/c14-7-3-4-8(12(16)11(7)15)17-6-10-18-13(19-21-10)9-2-1-5-20-9/h1-5,17H,6H2. The van der Waals surface area contributed by atoms with Gasteiger partial charge in [0.15, 0.2) is 23.2 Å². The van der Waals surface area contributed by atoms with Crippen LogP contribution in [-0.4, -0.2) is 10.1 Å². The third kappa shape index (κ3) is 2.60. The largest absolute Gasteiger partial charge is 0.461 e. The van der Waals surface area contributed by atoms with Gasteiger partial charge in [0.1, 0.15) is 0 Å². The predicted octanol–water partition coefficient (Wildman–Crippen LogP) is 3.36. The quantitative estimate of drug-likeness (QED) is 0.748. The smallest absolute Gasteiger partial charge is 0.246 e. The normalized spacial score (nSPS) is 10.8. The summed E-state index contributed by atoms with van der Waals surface area (Å²) in [6.45, 7) is -0.0459. The minimum atomic E-state index is -1.54. The van der Waals surface area contributed by atoms with Gasteiger partial charge in [0.25, 0.3) is 0 Å². The molecule has 0 amide bonds. The van der Waals surface area contributed by atoms with Gasteiger partial charge in [0.2, 0.25) is 11.7 Å². The van der Waals surface area contributed by atoms with Crippen molar-refractivity contribution in [3.63, 3.8) is 0 Å². The van der Waals surface area contributed by atoms with Crippen molar-refractivity contribution in [1.29, 1.82) is 0 Å². The summed E-state index contributed by atoms with van der Waals surface area (Å²) in [5.74, 6) is -3.30. The van der Waals surface area contributed by atoms with Crippen molar-refractivity contribution in [1.82, 2.24) is 10.1 Å². The molecule has 21 heavy (non-hydrogen) atoms. The van der Waals surface area contributed by atoms with E-state index in [1.807, 2.05) is 0 Å². The zero-order valence-corrected chi connectivity index (χ0v) is 10.4. The van der Waals surface area contributed by atoms with E-state index in [1.165, 1.54) is 6.26 Å². The van der Waals surface area contributed by atoms with Gasteiger partial charge in [-0.25, -0.2) is 13.2 Å². The van der Waals surface area contributed by atoms with Crippen LogP contribution in [-0.2, 0) is 6.54 Å². The second kappa shape index (κ2) is 5.31. The Morgan fingerprint density at radius 2 is 1.95 bits per heavy atom. The Balaban J connectivity index is 1.72. The molecule has 3 aromatic rings. The van der Waals surface area contributed by atoms with Crippen molar-refractivity contribution in [2.75, 3.05) is 5.32 Å². The highest BCUT2D eigenvalue weighted by atomic mass is 19.2. The van der Waals surface area contributed by atoms with E-state index in [-0.39, 0.29) is 23.9 Å². The Morgan fingerprint density at radius 3 is 2.71 bits per heavy atom. The molecular weight excluding hydrogens is 287 g/mol. The van der Waals surface area contributed by atoms with E-state index in [0.717, 1.165) is 12.1 Å². The average molecular weight is 295 g/mol. The van der Waals surface area contributed by atoms with Crippen LogP contribution in [0.2, 0.25) is 0 Å². The number of hydrogen-bond acceptors (Lipinski definition) is 5. The van der Waals surface area contributed by atoms with Crippen molar-refractivity contribution in [2.45, 2.75) is 6.54 Å². The maximum Gasteiger partial charge on any atom is 0.246 e. The van der Waals surface area contributed by atoms with E-state index in [4.69, 9.17) is 8.94 Å². The minimum Gasteiger partial charge on any atom is -0.461 e. The summed E-state index contributed by atoms with van der Waals surface area (Å²) < 4.78 is 49.3. The van der Waals surface area contributed by atoms with Crippen molar-refractivity contribution < 1.29 is 22.1 Å². The number of furan rings is 1. The zero-order valence-electron chi connectivity index (χ0n) is 10.4. The highest BCUT2D eigenvalue weighted by Gasteiger charge is 2.15. The summed E-state index contributed by atoms with van der Waals surface area (Å²) in [5.41, 5.74) is -0.202. The van der Waals surface area contributed by atoms with Crippen molar-refractivity contribution in [3.05, 3.63) is 53.9 Å². The lowest BCUT2D eigenvalue weighted by atomic mass is 10.3. The molecule has 2 heterocycles. The maximum atomic E-state index is 13.4. The molecule has 0 unspecified atom stereocenters. The van der Waals surface area contributed by atoms with Crippen molar-refractivity contribution >= 4 is 5.69 Å². The van der Waals surface area contributed by atoms with Gasteiger partial charge < -0.3 is 14.3 Å². The third-order valence-electron chi connectivity index (χ3n) is 2.67. The molecule has 108 valence electrons. The fraction of sp³-hybridized carbons (Fsp3) is 0.0769. The molecule has 0 aliphatic carbocycles. The van der Waals surface area contributed by atoms with Gasteiger partial charge in [0.05, 0.1) is 18.5 Å². The second-order valence-corrected chi connectivity index (χ2v) is 4.07. The first-order valence-electron chi connectivity index (χ1n) is 5.89. The van der Waals surface area contributed by atoms with E-state index < -0.39 is 17.5 Å².